The van der Waals surface area contributed by atoms with E-state index in [1.807, 2.05) is 31.2 Å². The maximum atomic E-state index is 13.0. The Hall–Kier alpha value is -3.17. The van der Waals surface area contributed by atoms with Crippen LogP contribution < -0.4 is 10.6 Å². The van der Waals surface area contributed by atoms with E-state index in [4.69, 9.17) is 4.42 Å². The van der Waals surface area contributed by atoms with Crippen molar-refractivity contribution in [2.75, 3.05) is 11.5 Å². The zero-order valence-corrected chi connectivity index (χ0v) is 20.8. The first kappa shape index (κ1) is 24.0. The summed E-state index contributed by atoms with van der Waals surface area (Å²) in [7, 11) is -3.17. The predicted octanol–water partition coefficient (Wildman–Crippen LogP) is 4.09. The van der Waals surface area contributed by atoms with Crippen molar-refractivity contribution in [2.45, 2.75) is 19.4 Å². The van der Waals surface area contributed by atoms with Crippen molar-refractivity contribution in [3.8, 4) is 11.3 Å². The fraction of sp³-hybridized carbons (Fsp3) is 0.200. The second kappa shape index (κ2) is 9.99. The SMILES string of the molecule is Cc1ccc(C(=O)N/C(=C\c2ccc(-c3ccc(Br)cc3)o2)C(=O)N[C@@H]2CCS(=O)(=O)C2)cc1. The van der Waals surface area contributed by atoms with Gasteiger partial charge in [0.2, 0.25) is 0 Å². The summed E-state index contributed by atoms with van der Waals surface area (Å²) in [6, 6.07) is 17.5. The van der Waals surface area contributed by atoms with E-state index in [2.05, 4.69) is 26.6 Å². The lowest BCUT2D eigenvalue weighted by molar-refractivity contribution is -0.118. The maximum absolute atomic E-state index is 13.0. The number of rotatable bonds is 6. The van der Waals surface area contributed by atoms with Crippen molar-refractivity contribution in [2.24, 2.45) is 0 Å². The van der Waals surface area contributed by atoms with Gasteiger partial charge < -0.3 is 15.1 Å². The lowest BCUT2D eigenvalue weighted by Gasteiger charge is -2.14. The molecule has 0 saturated carbocycles. The van der Waals surface area contributed by atoms with E-state index >= 15 is 0 Å². The molecule has 0 unspecified atom stereocenters. The van der Waals surface area contributed by atoms with Crippen LogP contribution in [-0.4, -0.2) is 37.8 Å². The molecule has 1 aliphatic heterocycles. The summed E-state index contributed by atoms with van der Waals surface area (Å²) < 4.78 is 30.4. The molecule has 1 fully saturated rings. The molecular formula is C25H23BrN2O5S. The molecule has 3 aromatic rings. The van der Waals surface area contributed by atoms with Crippen molar-refractivity contribution in [3.63, 3.8) is 0 Å². The first-order valence-electron chi connectivity index (χ1n) is 10.7. The molecule has 2 heterocycles. The van der Waals surface area contributed by atoms with Crippen LogP contribution in [0.5, 0.6) is 0 Å². The Morgan fingerprint density at radius 1 is 1.03 bits per heavy atom. The number of hydrogen-bond acceptors (Lipinski definition) is 5. The van der Waals surface area contributed by atoms with Gasteiger partial charge in [0.05, 0.1) is 11.5 Å². The van der Waals surface area contributed by atoms with Crippen LogP contribution >= 0.6 is 15.9 Å². The van der Waals surface area contributed by atoms with Crippen LogP contribution in [0.3, 0.4) is 0 Å². The zero-order valence-electron chi connectivity index (χ0n) is 18.4. The first-order chi connectivity index (χ1) is 16.2. The molecule has 1 atom stereocenters. The van der Waals surface area contributed by atoms with Gasteiger partial charge in [-0.3, -0.25) is 9.59 Å². The maximum Gasteiger partial charge on any atom is 0.268 e. The highest BCUT2D eigenvalue weighted by Gasteiger charge is 2.30. The average molecular weight is 543 g/mol. The monoisotopic (exact) mass is 542 g/mol. The number of amides is 2. The molecule has 2 aromatic carbocycles. The van der Waals surface area contributed by atoms with E-state index in [9.17, 15) is 18.0 Å². The molecule has 0 aliphatic carbocycles. The van der Waals surface area contributed by atoms with Crippen molar-refractivity contribution < 1.29 is 22.4 Å². The third-order valence-corrected chi connectivity index (χ3v) is 7.71. The number of benzene rings is 2. The Labute approximate surface area is 206 Å². The average Bonchev–Trinajstić information content (AvgIpc) is 3.40. The van der Waals surface area contributed by atoms with E-state index in [1.54, 1.807) is 36.4 Å². The van der Waals surface area contributed by atoms with Crippen LogP contribution in [0.2, 0.25) is 0 Å². The van der Waals surface area contributed by atoms with Gasteiger partial charge >= 0.3 is 0 Å². The molecule has 4 rings (SSSR count). The van der Waals surface area contributed by atoms with Crippen LogP contribution in [0.4, 0.5) is 0 Å². The van der Waals surface area contributed by atoms with Gasteiger partial charge in [0.1, 0.15) is 17.2 Å². The number of carbonyl (C=O) groups is 2. The van der Waals surface area contributed by atoms with Gasteiger partial charge in [-0.1, -0.05) is 45.8 Å². The summed E-state index contributed by atoms with van der Waals surface area (Å²) in [4.78, 5) is 25.8. The third-order valence-electron chi connectivity index (χ3n) is 5.42. The van der Waals surface area contributed by atoms with Crippen LogP contribution in [0, 0.1) is 6.92 Å². The molecule has 0 bridgehead atoms. The van der Waals surface area contributed by atoms with Crippen molar-refractivity contribution in [3.05, 3.63) is 87.7 Å². The molecule has 2 amide bonds. The molecule has 2 N–H and O–H groups in total. The number of furan rings is 1. The number of hydrogen-bond donors (Lipinski definition) is 2. The summed E-state index contributed by atoms with van der Waals surface area (Å²) in [5, 5.41) is 5.36. The zero-order chi connectivity index (χ0) is 24.3. The van der Waals surface area contributed by atoms with Crippen LogP contribution in [0.15, 0.2) is 75.3 Å². The van der Waals surface area contributed by atoms with Crippen molar-refractivity contribution in [1.29, 1.82) is 0 Å². The summed E-state index contributed by atoms with van der Waals surface area (Å²) in [6.07, 6.45) is 1.77. The number of carbonyl (C=O) groups excluding carboxylic acids is 2. The molecule has 0 spiro atoms. The molecule has 1 saturated heterocycles. The highest BCUT2D eigenvalue weighted by molar-refractivity contribution is 9.10. The molecular weight excluding hydrogens is 520 g/mol. The van der Waals surface area contributed by atoms with Crippen molar-refractivity contribution >= 4 is 43.7 Å². The molecule has 1 aromatic heterocycles. The van der Waals surface area contributed by atoms with E-state index in [1.165, 1.54) is 6.08 Å². The smallest absolute Gasteiger partial charge is 0.268 e. The van der Waals surface area contributed by atoms with Gasteiger partial charge in [-0.2, -0.15) is 0 Å². The van der Waals surface area contributed by atoms with E-state index in [0.717, 1.165) is 15.6 Å². The van der Waals surface area contributed by atoms with Gasteiger partial charge in [0, 0.05) is 27.7 Å². The minimum atomic E-state index is -3.17. The minimum absolute atomic E-state index is 0.0292. The van der Waals surface area contributed by atoms with Gasteiger partial charge in [0.25, 0.3) is 11.8 Å². The Morgan fingerprint density at radius 3 is 2.38 bits per heavy atom. The second-order valence-corrected chi connectivity index (χ2v) is 11.3. The minimum Gasteiger partial charge on any atom is -0.457 e. The second-order valence-electron chi connectivity index (χ2n) is 8.16. The van der Waals surface area contributed by atoms with Crippen LogP contribution in [0.25, 0.3) is 17.4 Å². The summed E-state index contributed by atoms with van der Waals surface area (Å²) in [5.41, 5.74) is 2.21. The third kappa shape index (κ3) is 6.03. The number of sulfone groups is 1. The Morgan fingerprint density at radius 2 is 1.74 bits per heavy atom. The topological polar surface area (TPSA) is 105 Å². The fourth-order valence-corrected chi connectivity index (χ4v) is 5.51. The highest BCUT2D eigenvalue weighted by Crippen LogP contribution is 2.25. The van der Waals surface area contributed by atoms with E-state index in [0.29, 0.717) is 23.5 Å². The summed E-state index contributed by atoms with van der Waals surface area (Å²) >= 11 is 3.40. The lowest BCUT2D eigenvalue weighted by Crippen LogP contribution is -2.41. The molecule has 34 heavy (non-hydrogen) atoms. The van der Waals surface area contributed by atoms with E-state index in [-0.39, 0.29) is 17.2 Å². The molecule has 7 nitrogen and oxygen atoms in total. The van der Waals surface area contributed by atoms with Crippen molar-refractivity contribution in [1.82, 2.24) is 10.6 Å². The largest absolute Gasteiger partial charge is 0.457 e. The molecule has 9 heteroatoms. The number of aryl methyl sites for hydroxylation is 1. The predicted molar refractivity (Wildman–Crippen MR) is 134 cm³/mol. The summed E-state index contributed by atoms with van der Waals surface area (Å²) in [6.45, 7) is 1.91. The van der Waals surface area contributed by atoms with Crippen LogP contribution in [0.1, 0.15) is 28.1 Å². The standard InChI is InChI=1S/C25H23BrN2O5S/c1-16-2-4-18(5-3-16)24(29)28-22(25(30)27-20-12-13-34(31,32)15-20)14-21-10-11-23(33-21)17-6-8-19(26)9-7-17/h2-11,14,20H,12-13,15H2,1H3,(H,27,30)(H,28,29)/b22-14-/t20-/m1/s1. The Kier molecular flexibility index (Phi) is 7.04. The van der Waals surface area contributed by atoms with Gasteiger partial charge in [0.15, 0.2) is 9.84 Å². The van der Waals surface area contributed by atoms with Gasteiger partial charge in [-0.05, 0) is 49.7 Å². The number of nitrogens with one attached hydrogen (secondary N) is 2. The van der Waals surface area contributed by atoms with Crippen LogP contribution in [-0.2, 0) is 14.6 Å². The normalized spacial score (nSPS) is 17.4. The molecule has 176 valence electrons. The Balaban J connectivity index is 1.59. The molecule has 0 radical (unpaired) electrons. The van der Waals surface area contributed by atoms with E-state index < -0.39 is 27.7 Å². The highest BCUT2D eigenvalue weighted by atomic mass is 79.9. The Bertz CT molecular complexity index is 1340. The lowest BCUT2D eigenvalue weighted by atomic mass is 10.1. The molecule has 1 aliphatic rings. The first-order valence-corrected chi connectivity index (χ1v) is 13.3. The number of halogens is 1. The van der Waals surface area contributed by atoms with Gasteiger partial charge in [-0.15, -0.1) is 0 Å². The summed E-state index contributed by atoms with van der Waals surface area (Å²) in [5.74, 6) is -0.158. The quantitative estimate of drug-likeness (QED) is 0.456. The van der Waals surface area contributed by atoms with Gasteiger partial charge in [-0.25, -0.2) is 8.42 Å². The fourth-order valence-electron chi connectivity index (χ4n) is 3.57.